The molecule has 11 nitrogen and oxygen atoms in total. The number of tetrazole rings is 1. The first-order chi connectivity index (χ1) is 21.5. The van der Waals surface area contributed by atoms with E-state index in [-0.39, 0.29) is 31.1 Å². The Kier molecular flexibility index (Phi) is 11.1. The molecule has 1 aliphatic rings. The van der Waals surface area contributed by atoms with Crippen LogP contribution in [0.3, 0.4) is 0 Å². The van der Waals surface area contributed by atoms with Gasteiger partial charge in [-0.2, -0.15) is 4.68 Å². The third-order valence-corrected chi connectivity index (χ3v) is 8.29. The molecule has 12 heteroatoms. The summed E-state index contributed by atoms with van der Waals surface area (Å²) in [5, 5.41) is 34.0. The Morgan fingerprint density at radius 1 is 0.909 bits per heavy atom. The Morgan fingerprint density at radius 2 is 1.61 bits per heavy atom. The number of aliphatic carboxylic acids is 1. The van der Waals surface area contributed by atoms with Crippen LogP contribution in [0.5, 0.6) is 0 Å². The number of carboxylic acids is 1. The number of carbonyl (C=O) groups is 2. The Morgan fingerprint density at radius 3 is 2.34 bits per heavy atom. The van der Waals surface area contributed by atoms with Gasteiger partial charge in [0.25, 0.3) is 0 Å². The molecule has 0 bridgehead atoms. The highest BCUT2D eigenvalue weighted by Crippen LogP contribution is 2.39. The fourth-order valence-electron chi connectivity index (χ4n) is 4.83. The van der Waals surface area contributed by atoms with Crippen molar-refractivity contribution in [2.24, 2.45) is 0 Å². The lowest BCUT2D eigenvalue weighted by Gasteiger charge is -2.36. The van der Waals surface area contributed by atoms with Crippen LogP contribution < -0.4 is 5.32 Å². The summed E-state index contributed by atoms with van der Waals surface area (Å²) >= 11 is 1.52. The van der Waals surface area contributed by atoms with E-state index in [4.69, 9.17) is 14.6 Å². The molecule has 230 valence electrons. The van der Waals surface area contributed by atoms with Crippen LogP contribution in [0, 0.1) is 0 Å². The van der Waals surface area contributed by atoms with E-state index in [9.17, 15) is 14.7 Å². The van der Waals surface area contributed by atoms with Gasteiger partial charge in [-0.1, -0.05) is 78.5 Å². The highest BCUT2D eigenvalue weighted by molar-refractivity contribution is 7.99. The molecule has 3 atom stereocenters. The number of ether oxygens (including phenoxy) is 2. The van der Waals surface area contributed by atoms with Crippen LogP contribution in [0.2, 0.25) is 0 Å². The van der Waals surface area contributed by atoms with Crippen LogP contribution in [0.15, 0.2) is 84.0 Å². The van der Waals surface area contributed by atoms with Crippen LogP contribution in [0.1, 0.15) is 66.8 Å². The van der Waals surface area contributed by atoms with Gasteiger partial charge in [-0.05, 0) is 52.1 Å². The van der Waals surface area contributed by atoms with E-state index in [0.29, 0.717) is 43.1 Å². The molecule has 2 heterocycles. The number of aromatic nitrogens is 4. The van der Waals surface area contributed by atoms with Crippen molar-refractivity contribution in [3.8, 4) is 5.69 Å². The second-order valence-electron chi connectivity index (χ2n) is 10.5. The van der Waals surface area contributed by atoms with Gasteiger partial charge in [-0.25, -0.2) is 0 Å². The minimum absolute atomic E-state index is 0.0234. The van der Waals surface area contributed by atoms with Crippen molar-refractivity contribution in [1.29, 1.82) is 0 Å². The molecule has 1 fully saturated rings. The van der Waals surface area contributed by atoms with Gasteiger partial charge in [-0.15, -0.1) is 5.10 Å². The molecule has 0 aliphatic carbocycles. The number of amides is 1. The highest BCUT2D eigenvalue weighted by Gasteiger charge is 2.32. The van der Waals surface area contributed by atoms with Crippen molar-refractivity contribution < 1.29 is 29.3 Å². The number of carboxylic acid groups (broad SMARTS) is 1. The van der Waals surface area contributed by atoms with Gasteiger partial charge in [0.05, 0.1) is 24.5 Å². The highest BCUT2D eigenvalue weighted by atomic mass is 32.2. The predicted octanol–water partition coefficient (Wildman–Crippen LogP) is 4.75. The standard InChI is InChI=1S/C32H35N5O6S/c38-20-23-12-14-24(15-13-23)28-18-27(21-44-32-34-35-36-37(32)26-6-2-1-3-7-26)42-31(43-28)25-16-10-22(11-17-25)19-33-29(39)8-4-5-9-30(40)41/h1-3,6-7,10-17,27-28,31,38H,4-5,8-9,18-21H2,(H,33,39)(H,40,41). The van der Waals surface area contributed by atoms with E-state index in [1.54, 1.807) is 4.68 Å². The summed E-state index contributed by atoms with van der Waals surface area (Å²) in [5.41, 5.74) is 4.50. The van der Waals surface area contributed by atoms with Crippen molar-refractivity contribution in [3.63, 3.8) is 0 Å². The summed E-state index contributed by atoms with van der Waals surface area (Å²) in [6.45, 7) is 0.351. The lowest BCUT2D eigenvalue weighted by molar-refractivity contribution is -0.245. The number of hydrogen-bond acceptors (Lipinski definition) is 9. The molecule has 3 N–H and O–H groups in total. The number of nitrogens with zero attached hydrogens (tertiary/aromatic N) is 4. The second-order valence-corrected chi connectivity index (χ2v) is 11.5. The number of aliphatic hydroxyl groups is 1. The largest absolute Gasteiger partial charge is 0.481 e. The van der Waals surface area contributed by atoms with Gasteiger partial charge >= 0.3 is 5.97 Å². The molecule has 1 aromatic heterocycles. The number of rotatable bonds is 14. The van der Waals surface area contributed by atoms with Crippen molar-refractivity contribution in [3.05, 3.63) is 101 Å². The normalized spacial score (nSPS) is 18.2. The first-order valence-electron chi connectivity index (χ1n) is 14.5. The first kappa shape index (κ1) is 31.3. The summed E-state index contributed by atoms with van der Waals surface area (Å²) < 4.78 is 14.6. The van der Waals surface area contributed by atoms with E-state index in [0.717, 1.165) is 27.9 Å². The third kappa shape index (κ3) is 8.73. The minimum Gasteiger partial charge on any atom is -0.481 e. The fourth-order valence-corrected chi connectivity index (χ4v) is 5.74. The van der Waals surface area contributed by atoms with E-state index in [1.807, 2.05) is 78.9 Å². The summed E-state index contributed by atoms with van der Waals surface area (Å²) in [6, 6.07) is 25.2. The fraction of sp³-hybridized carbons (Fsp3) is 0.344. The van der Waals surface area contributed by atoms with Gasteiger partial charge in [0.1, 0.15) is 0 Å². The molecule has 4 aromatic rings. The van der Waals surface area contributed by atoms with Gasteiger partial charge < -0.3 is 25.0 Å². The maximum absolute atomic E-state index is 12.1. The van der Waals surface area contributed by atoms with E-state index in [2.05, 4.69) is 20.8 Å². The predicted molar refractivity (Wildman–Crippen MR) is 163 cm³/mol. The van der Waals surface area contributed by atoms with Crippen molar-refractivity contribution in [2.75, 3.05) is 5.75 Å². The van der Waals surface area contributed by atoms with Crippen LogP contribution in [-0.4, -0.2) is 54.2 Å². The van der Waals surface area contributed by atoms with E-state index < -0.39 is 12.3 Å². The monoisotopic (exact) mass is 617 g/mol. The second kappa shape index (κ2) is 15.6. The Bertz CT molecular complexity index is 1500. The summed E-state index contributed by atoms with van der Waals surface area (Å²) in [5.74, 6) is -0.348. The van der Waals surface area contributed by atoms with Gasteiger partial charge in [0, 0.05) is 37.1 Å². The molecule has 0 spiro atoms. The molecule has 1 amide bonds. The Labute approximate surface area is 259 Å². The van der Waals surface area contributed by atoms with Crippen molar-refractivity contribution >= 4 is 23.6 Å². The van der Waals surface area contributed by atoms with Crippen LogP contribution in [-0.2, 0) is 32.2 Å². The SMILES string of the molecule is O=C(O)CCCCC(=O)NCc1ccc(C2OC(CSc3nnnn3-c3ccccc3)CC(c3ccc(CO)cc3)O2)cc1. The van der Waals surface area contributed by atoms with E-state index in [1.165, 1.54) is 11.8 Å². The van der Waals surface area contributed by atoms with Crippen LogP contribution >= 0.6 is 11.8 Å². The molecule has 1 aliphatic heterocycles. The smallest absolute Gasteiger partial charge is 0.303 e. The lowest BCUT2D eigenvalue weighted by Crippen LogP contribution is -2.31. The summed E-state index contributed by atoms with van der Waals surface area (Å²) in [6.07, 6.45) is 1.02. The number of unbranched alkanes of at least 4 members (excludes halogenated alkanes) is 1. The zero-order valence-corrected chi connectivity index (χ0v) is 24.9. The average molecular weight is 618 g/mol. The zero-order valence-electron chi connectivity index (χ0n) is 24.1. The number of carbonyl (C=O) groups excluding carboxylic acids is 1. The summed E-state index contributed by atoms with van der Waals surface area (Å²) in [7, 11) is 0. The minimum atomic E-state index is -0.850. The van der Waals surface area contributed by atoms with Gasteiger partial charge in [0.2, 0.25) is 11.1 Å². The quantitative estimate of drug-likeness (QED) is 0.134. The maximum atomic E-state index is 12.1. The number of thioether (sulfide) groups is 1. The molecule has 5 rings (SSSR count). The third-order valence-electron chi connectivity index (χ3n) is 7.24. The number of hydrogen-bond donors (Lipinski definition) is 3. The van der Waals surface area contributed by atoms with Gasteiger partial charge in [-0.3, -0.25) is 9.59 Å². The maximum Gasteiger partial charge on any atom is 0.303 e. The average Bonchev–Trinajstić information content (AvgIpc) is 3.54. The number of benzene rings is 3. The molecule has 3 unspecified atom stereocenters. The molecule has 3 aromatic carbocycles. The van der Waals surface area contributed by atoms with Crippen LogP contribution in [0.25, 0.3) is 5.69 Å². The number of para-hydroxylation sites is 1. The molecule has 0 saturated carbocycles. The molecule has 44 heavy (non-hydrogen) atoms. The number of nitrogens with one attached hydrogen (secondary N) is 1. The molecular formula is C32H35N5O6S. The zero-order chi connectivity index (χ0) is 30.7. The number of aliphatic hydroxyl groups excluding tert-OH is 1. The first-order valence-corrected chi connectivity index (χ1v) is 15.5. The lowest BCUT2D eigenvalue weighted by atomic mass is 10.0. The summed E-state index contributed by atoms with van der Waals surface area (Å²) in [4.78, 5) is 22.8. The molecule has 0 radical (unpaired) electrons. The topological polar surface area (TPSA) is 149 Å². The molecule has 1 saturated heterocycles. The van der Waals surface area contributed by atoms with Gasteiger partial charge in [0.15, 0.2) is 6.29 Å². The van der Waals surface area contributed by atoms with E-state index >= 15 is 0 Å². The Hall–Kier alpha value is -4.10. The van der Waals surface area contributed by atoms with Crippen LogP contribution in [0.4, 0.5) is 0 Å². The van der Waals surface area contributed by atoms with Crippen molar-refractivity contribution in [2.45, 2.75) is 68.9 Å². The Balaban J connectivity index is 1.24. The molecular weight excluding hydrogens is 582 g/mol. The van der Waals surface area contributed by atoms with Crippen molar-refractivity contribution in [1.82, 2.24) is 25.5 Å².